The number of hydrogen-bond acceptors (Lipinski definition) is 4. The molecule has 5 nitrogen and oxygen atoms in total. The van der Waals surface area contributed by atoms with Gasteiger partial charge in [-0.15, -0.1) is 0 Å². The molecule has 0 spiro atoms. The molecule has 0 bridgehead atoms. The summed E-state index contributed by atoms with van der Waals surface area (Å²) in [5, 5.41) is 3.68. The van der Waals surface area contributed by atoms with Crippen molar-refractivity contribution in [2.24, 2.45) is 5.10 Å². The van der Waals surface area contributed by atoms with Crippen molar-refractivity contribution < 1.29 is 27.4 Å². The average molecular weight is 352 g/mol. The summed E-state index contributed by atoms with van der Waals surface area (Å²) >= 11 is 0. The van der Waals surface area contributed by atoms with Crippen LogP contribution in [0.15, 0.2) is 47.6 Å². The van der Waals surface area contributed by atoms with Crippen molar-refractivity contribution in [3.8, 4) is 11.5 Å². The first-order valence-corrected chi connectivity index (χ1v) is 7.08. The Morgan fingerprint density at radius 1 is 1.08 bits per heavy atom. The summed E-state index contributed by atoms with van der Waals surface area (Å²) < 4.78 is 48.1. The number of ether oxygens (including phenoxy) is 2. The van der Waals surface area contributed by atoms with Crippen molar-refractivity contribution in [2.75, 3.05) is 14.2 Å². The summed E-state index contributed by atoms with van der Waals surface area (Å²) in [6.45, 7) is 0. The number of alkyl halides is 3. The second-order valence-corrected chi connectivity index (χ2v) is 4.89. The SMILES string of the molecule is COc1ccc(C(=O)N/N=C\c2cccc(C(F)(F)F)c2)cc1OC. The molecule has 0 radical (unpaired) electrons. The van der Waals surface area contributed by atoms with Gasteiger partial charge in [-0.05, 0) is 35.9 Å². The first-order valence-electron chi connectivity index (χ1n) is 7.08. The predicted octanol–water partition coefficient (Wildman–Crippen LogP) is 3.49. The fourth-order valence-electron chi connectivity index (χ4n) is 2.00. The summed E-state index contributed by atoms with van der Waals surface area (Å²) in [6.07, 6.45) is -3.30. The summed E-state index contributed by atoms with van der Waals surface area (Å²) in [4.78, 5) is 12.0. The smallest absolute Gasteiger partial charge is 0.416 e. The Hall–Kier alpha value is -3.03. The maximum atomic E-state index is 12.6. The van der Waals surface area contributed by atoms with E-state index in [1.165, 1.54) is 38.5 Å². The fraction of sp³-hybridized carbons (Fsp3) is 0.176. The van der Waals surface area contributed by atoms with E-state index in [9.17, 15) is 18.0 Å². The molecule has 0 unspecified atom stereocenters. The number of nitrogens with one attached hydrogen (secondary N) is 1. The number of hydrazone groups is 1. The summed E-state index contributed by atoms with van der Waals surface area (Å²) in [7, 11) is 2.91. The van der Waals surface area contributed by atoms with Gasteiger partial charge in [-0.1, -0.05) is 12.1 Å². The Morgan fingerprint density at radius 3 is 2.44 bits per heavy atom. The third kappa shape index (κ3) is 4.72. The molecule has 1 N–H and O–H groups in total. The monoisotopic (exact) mass is 352 g/mol. The molecule has 0 saturated heterocycles. The zero-order valence-corrected chi connectivity index (χ0v) is 13.4. The number of carbonyl (C=O) groups excluding carboxylic acids is 1. The first kappa shape index (κ1) is 18.3. The standard InChI is InChI=1S/C17H15F3N2O3/c1-24-14-7-6-12(9-15(14)25-2)16(23)22-21-10-11-4-3-5-13(8-11)17(18,19)20/h3-10H,1-2H3,(H,22,23)/b21-10-. The van der Waals surface area contributed by atoms with Crippen LogP contribution in [0.1, 0.15) is 21.5 Å². The molecule has 0 heterocycles. The van der Waals surface area contributed by atoms with Crippen molar-refractivity contribution in [1.82, 2.24) is 5.43 Å². The predicted molar refractivity (Wildman–Crippen MR) is 86.1 cm³/mol. The van der Waals surface area contributed by atoms with Crippen molar-refractivity contribution >= 4 is 12.1 Å². The van der Waals surface area contributed by atoms with Gasteiger partial charge >= 0.3 is 6.18 Å². The number of carbonyl (C=O) groups is 1. The van der Waals surface area contributed by atoms with Crippen LogP contribution in [0, 0.1) is 0 Å². The molecule has 25 heavy (non-hydrogen) atoms. The van der Waals surface area contributed by atoms with Gasteiger partial charge in [-0.3, -0.25) is 4.79 Å². The normalized spacial score (nSPS) is 11.4. The molecule has 0 aromatic heterocycles. The minimum Gasteiger partial charge on any atom is -0.493 e. The highest BCUT2D eigenvalue weighted by molar-refractivity contribution is 5.95. The average Bonchev–Trinajstić information content (AvgIpc) is 2.60. The van der Waals surface area contributed by atoms with Gasteiger partial charge in [0.05, 0.1) is 26.0 Å². The van der Waals surface area contributed by atoms with Crippen LogP contribution in [0.4, 0.5) is 13.2 Å². The van der Waals surface area contributed by atoms with E-state index < -0.39 is 17.6 Å². The van der Waals surface area contributed by atoms with Gasteiger partial charge in [0.15, 0.2) is 11.5 Å². The molecule has 8 heteroatoms. The zero-order valence-electron chi connectivity index (χ0n) is 13.4. The van der Waals surface area contributed by atoms with E-state index in [1.54, 1.807) is 6.07 Å². The van der Waals surface area contributed by atoms with E-state index in [0.29, 0.717) is 11.5 Å². The largest absolute Gasteiger partial charge is 0.493 e. The lowest BCUT2D eigenvalue weighted by molar-refractivity contribution is -0.137. The van der Waals surface area contributed by atoms with Gasteiger partial charge in [0.25, 0.3) is 5.91 Å². The van der Waals surface area contributed by atoms with Crippen molar-refractivity contribution in [3.63, 3.8) is 0 Å². The minimum absolute atomic E-state index is 0.211. The van der Waals surface area contributed by atoms with Gasteiger partial charge < -0.3 is 9.47 Å². The lowest BCUT2D eigenvalue weighted by Crippen LogP contribution is -2.17. The van der Waals surface area contributed by atoms with Gasteiger partial charge in [0, 0.05) is 5.56 Å². The summed E-state index contributed by atoms with van der Waals surface area (Å²) in [5.41, 5.74) is 1.93. The van der Waals surface area contributed by atoms with E-state index in [4.69, 9.17) is 9.47 Å². The molecule has 0 aliphatic heterocycles. The minimum atomic E-state index is -4.44. The van der Waals surface area contributed by atoms with Crippen LogP contribution in [-0.2, 0) is 6.18 Å². The van der Waals surface area contributed by atoms with Crippen LogP contribution < -0.4 is 14.9 Å². The number of halogens is 3. The maximum Gasteiger partial charge on any atom is 0.416 e. The second-order valence-electron chi connectivity index (χ2n) is 4.89. The van der Waals surface area contributed by atoms with E-state index in [2.05, 4.69) is 10.5 Å². The van der Waals surface area contributed by atoms with Crippen LogP contribution in [0.3, 0.4) is 0 Å². The van der Waals surface area contributed by atoms with Crippen LogP contribution in [0.2, 0.25) is 0 Å². The van der Waals surface area contributed by atoms with Crippen molar-refractivity contribution in [1.29, 1.82) is 0 Å². The topological polar surface area (TPSA) is 59.9 Å². The molecular formula is C17H15F3N2O3. The number of methoxy groups -OCH3 is 2. The lowest BCUT2D eigenvalue weighted by atomic mass is 10.1. The molecule has 0 saturated carbocycles. The van der Waals surface area contributed by atoms with E-state index in [-0.39, 0.29) is 11.1 Å². The van der Waals surface area contributed by atoms with E-state index in [1.807, 2.05) is 0 Å². The number of nitrogens with zero attached hydrogens (tertiary/aromatic N) is 1. The van der Waals surface area contributed by atoms with E-state index >= 15 is 0 Å². The molecule has 0 aliphatic carbocycles. The molecule has 2 rings (SSSR count). The highest BCUT2D eigenvalue weighted by Crippen LogP contribution is 2.29. The Morgan fingerprint density at radius 2 is 1.80 bits per heavy atom. The van der Waals surface area contributed by atoms with Crippen LogP contribution in [0.25, 0.3) is 0 Å². The molecule has 2 aromatic rings. The fourth-order valence-corrected chi connectivity index (χ4v) is 2.00. The maximum absolute atomic E-state index is 12.6. The first-order chi connectivity index (χ1) is 11.8. The van der Waals surface area contributed by atoms with Crippen molar-refractivity contribution in [3.05, 3.63) is 59.2 Å². The zero-order chi connectivity index (χ0) is 18.4. The van der Waals surface area contributed by atoms with Crippen LogP contribution in [0.5, 0.6) is 11.5 Å². The van der Waals surface area contributed by atoms with Gasteiger partial charge in [-0.25, -0.2) is 5.43 Å². The summed E-state index contributed by atoms with van der Waals surface area (Å²) in [5.74, 6) is 0.299. The summed E-state index contributed by atoms with van der Waals surface area (Å²) in [6, 6.07) is 9.14. The number of hydrogen-bond donors (Lipinski definition) is 1. The Labute approximate surface area is 142 Å². The van der Waals surface area contributed by atoms with Gasteiger partial charge in [0.2, 0.25) is 0 Å². The third-order valence-electron chi connectivity index (χ3n) is 3.24. The van der Waals surface area contributed by atoms with Crippen molar-refractivity contribution in [2.45, 2.75) is 6.18 Å². The highest BCUT2D eigenvalue weighted by atomic mass is 19.4. The molecule has 0 atom stereocenters. The molecule has 0 fully saturated rings. The molecular weight excluding hydrogens is 337 g/mol. The number of benzene rings is 2. The molecule has 1 amide bonds. The molecule has 132 valence electrons. The highest BCUT2D eigenvalue weighted by Gasteiger charge is 2.30. The van der Waals surface area contributed by atoms with Gasteiger partial charge in [0.1, 0.15) is 0 Å². The Balaban J connectivity index is 2.08. The third-order valence-corrected chi connectivity index (χ3v) is 3.24. The van der Waals surface area contributed by atoms with Crippen LogP contribution >= 0.6 is 0 Å². The second kappa shape index (κ2) is 7.69. The Kier molecular flexibility index (Phi) is 5.63. The Bertz CT molecular complexity index is 789. The molecule has 2 aromatic carbocycles. The van der Waals surface area contributed by atoms with Crippen LogP contribution in [-0.4, -0.2) is 26.3 Å². The quantitative estimate of drug-likeness (QED) is 0.662. The van der Waals surface area contributed by atoms with E-state index in [0.717, 1.165) is 18.3 Å². The number of rotatable bonds is 5. The number of amides is 1. The van der Waals surface area contributed by atoms with Gasteiger partial charge in [-0.2, -0.15) is 18.3 Å². The molecule has 0 aliphatic rings. The lowest BCUT2D eigenvalue weighted by Gasteiger charge is -2.08.